The van der Waals surface area contributed by atoms with Crippen LogP contribution in [0.25, 0.3) is 11.1 Å². The number of ether oxygens (including phenoxy) is 1. The molecule has 5 nitrogen and oxygen atoms in total. The summed E-state index contributed by atoms with van der Waals surface area (Å²) in [6.45, 7) is 3.10. The van der Waals surface area contributed by atoms with Crippen LogP contribution in [0.5, 0.6) is 5.75 Å². The highest BCUT2D eigenvalue weighted by Gasteiger charge is 2.41. The minimum Gasteiger partial charge on any atom is -0.479 e. The van der Waals surface area contributed by atoms with E-state index in [4.69, 9.17) is 4.74 Å². The molecule has 0 N–H and O–H groups in total. The quantitative estimate of drug-likeness (QED) is 0.783. The van der Waals surface area contributed by atoms with Crippen molar-refractivity contribution in [1.82, 2.24) is 0 Å². The van der Waals surface area contributed by atoms with E-state index in [1.165, 1.54) is 12.1 Å². The van der Waals surface area contributed by atoms with Crippen LogP contribution < -0.4 is 4.74 Å². The lowest BCUT2D eigenvalue weighted by Gasteiger charge is -2.30. The van der Waals surface area contributed by atoms with Crippen molar-refractivity contribution >= 4 is 21.4 Å². The zero-order valence-corrected chi connectivity index (χ0v) is 14.3. The molecule has 1 aliphatic heterocycles. The number of hydrogen-bond acceptors (Lipinski definition) is 5. The normalized spacial score (nSPS) is 16.5. The summed E-state index contributed by atoms with van der Waals surface area (Å²) in [7, 11) is -3.32. The number of carbonyl (C=O) groups is 2. The van der Waals surface area contributed by atoms with Gasteiger partial charge in [-0.1, -0.05) is 18.2 Å². The SMILES string of the molecule is CC1(C)Oc2cc(-c3cccc(S(C)(=O)=O)c3)ccc2C(=O)C1=O. The summed E-state index contributed by atoms with van der Waals surface area (Å²) < 4.78 is 29.1. The van der Waals surface area contributed by atoms with Crippen molar-refractivity contribution in [3.8, 4) is 16.9 Å². The fraction of sp³-hybridized carbons (Fsp3) is 0.222. The van der Waals surface area contributed by atoms with E-state index >= 15 is 0 Å². The molecule has 0 atom stereocenters. The van der Waals surface area contributed by atoms with Gasteiger partial charge in [0.2, 0.25) is 11.6 Å². The van der Waals surface area contributed by atoms with E-state index in [9.17, 15) is 18.0 Å². The molecule has 0 fully saturated rings. The van der Waals surface area contributed by atoms with Crippen molar-refractivity contribution in [2.45, 2.75) is 24.3 Å². The van der Waals surface area contributed by atoms with Crippen molar-refractivity contribution in [3.63, 3.8) is 0 Å². The van der Waals surface area contributed by atoms with Gasteiger partial charge < -0.3 is 4.74 Å². The molecule has 24 heavy (non-hydrogen) atoms. The predicted molar refractivity (Wildman–Crippen MR) is 89.0 cm³/mol. The maximum atomic E-state index is 12.2. The Labute approximate surface area is 140 Å². The van der Waals surface area contributed by atoms with Crippen LogP contribution in [0.1, 0.15) is 24.2 Å². The molecule has 1 heterocycles. The maximum Gasteiger partial charge on any atom is 0.246 e. The topological polar surface area (TPSA) is 77.5 Å². The molecule has 0 aliphatic carbocycles. The van der Waals surface area contributed by atoms with Gasteiger partial charge in [-0.2, -0.15) is 0 Å². The van der Waals surface area contributed by atoms with Gasteiger partial charge in [-0.25, -0.2) is 8.42 Å². The Hall–Kier alpha value is -2.47. The summed E-state index contributed by atoms with van der Waals surface area (Å²) in [6, 6.07) is 11.4. The van der Waals surface area contributed by atoms with E-state index < -0.39 is 27.0 Å². The van der Waals surface area contributed by atoms with Crippen LogP contribution in [0.3, 0.4) is 0 Å². The van der Waals surface area contributed by atoms with Crippen LogP contribution in [-0.4, -0.2) is 31.8 Å². The first-order valence-corrected chi connectivity index (χ1v) is 9.21. The summed E-state index contributed by atoms with van der Waals surface area (Å²) in [5, 5.41) is 0. The average Bonchev–Trinajstić information content (AvgIpc) is 2.51. The standard InChI is InChI=1S/C18H16O5S/c1-18(2)17(20)16(19)14-8-7-12(10-15(14)23-18)11-5-4-6-13(9-11)24(3,21)22/h4-10H,1-3H3. The molecule has 1 aliphatic rings. The molecule has 0 spiro atoms. The number of fused-ring (bicyclic) bond motifs is 1. The number of hydrogen-bond donors (Lipinski definition) is 0. The van der Waals surface area contributed by atoms with Gasteiger partial charge in [0.1, 0.15) is 5.75 Å². The van der Waals surface area contributed by atoms with Crippen molar-refractivity contribution in [2.24, 2.45) is 0 Å². The average molecular weight is 344 g/mol. The maximum absolute atomic E-state index is 12.2. The van der Waals surface area contributed by atoms with E-state index in [0.29, 0.717) is 16.9 Å². The third-order valence-corrected chi connectivity index (χ3v) is 5.05. The van der Waals surface area contributed by atoms with E-state index in [0.717, 1.165) is 6.26 Å². The Morgan fingerprint density at radius 3 is 2.29 bits per heavy atom. The first-order chi connectivity index (χ1) is 11.1. The Balaban J connectivity index is 2.11. The van der Waals surface area contributed by atoms with Crippen molar-refractivity contribution in [2.75, 3.05) is 6.26 Å². The summed E-state index contributed by atoms with van der Waals surface area (Å²) in [6.07, 6.45) is 1.15. The van der Waals surface area contributed by atoms with Gasteiger partial charge in [0, 0.05) is 6.26 Å². The van der Waals surface area contributed by atoms with Crippen LogP contribution >= 0.6 is 0 Å². The molecule has 124 valence electrons. The van der Waals surface area contributed by atoms with Crippen LogP contribution in [0.4, 0.5) is 0 Å². The minimum absolute atomic E-state index is 0.213. The van der Waals surface area contributed by atoms with E-state index in [-0.39, 0.29) is 10.5 Å². The van der Waals surface area contributed by atoms with Crippen molar-refractivity contribution < 1.29 is 22.7 Å². The van der Waals surface area contributed by atoms with Gasteiger partial charge in [-0.05, 0) is 49.2 Å². The molecule has 6 heteroatoms. The summed E-state index contributed by atoms with van der Waals surface area (Å²) in [5.74, 6) is -0.827. The Morgan fingerprint density at radius 2 is 1.62 bits per heavy atom. The number of ketones is 2. The number of sulfone groups is 1. The zero-order chi connectivity index (χ0) is 17.7. The van der Waals surface area contributed by atoms with E-state index in [1.807, 2.05) is 0 Å². The lowest BCUT2D eigenvalue weighted by molar-refractivity contribution is -0.128. The molecular weight excluding hydrogens is 328 g/mol. The summed E-state index contributed by atoms with van der Waals surface area (Å²) in [4.78, 5) is 24.3. The first kappa shape index (κ1) is 16.4. The monoisotopic (exact) mass is 344 g/mol. The third kappa shape index (κ3) is 2.73. The van der Waals surface area contributed by atoms with E-state index in [2.05, 4.69) is 0 Å². The van der Waals surface area contributed by atoms with Crippen LogP contribution in [0.15, 0.2) is 47.4 Å². The molecule has 0 radical (unpaired) electrons. The molecule has 0 amide bonds. The molecule has 0 bridgehead atoms. The highest BCUT2D eigenvalue weighted by atomic mass is 32.2. The molecule has 3 rings (SSSR count). The van der Waals surface area contributed by atoms with Crippen molar-refractivity contribution in [1.29, 1.82) is 0 Å². The summed E-state index contributed by atoms with van der Waals surface area (Å²) in [5.41, 5.74) is 0.406. The van der Waals surface area contributed by atoms with Gasteiger partial charge in [-0.15, -0.1) is 0 Å². The lowest BCUT2D eigenvalue weighted by atomic mass is 9.90. The predicted octanol–water partition coefficient (Wildman–Crippen LogP) is 2.68. The number of rotatable bonds is 2. The number of Topliss-reactive ketones (excluding diaryl/α,β-unsaturated/α-hetero) is 2. The smallest absolute Gasteiger partial charge is 0.246 e. The van der Waals surface area contributed by atoms with Crippen LogP contribution in [0.2, 0.25) is 0 Å². The van der Waals surface area contributed by atoms with Crippen molar-refractivity contribution in [3.05, 3.63) is 48.0 Å². The summed E-state index contributed by atoms with van der Waals surface area (Å²) >= 11 is 0. The number of benzene rings is 2. The fourth-order valence-electron chi connectivity index (χ4n) is 2.60. The fourth-order valence-corrected chi connectivity index (χ4v) is 3.26. The third-order valence-electron chi connectivity index (χ3n) is 3.94. The minimum atomic E-state index is -3.32. The second kappa shape index (κ2) is 5.27. The van der Waals surface area contributed by atoms with Crippen LogP contribution in [-0.2, 0) is 14.6 Å². The highest BCUT2D eigenvalue weighted by Crippen LogP contribution is 2.35. The number of carbonyl (C=O) groups excluding carboxylic acids is 2. The molecule has 0 aromatic heterocycles. The Kier molecular flexibility index (Phi) is 3.60. The van der Waals surface area contributed by atoms with Gasteiger partial charge in [0.15, 0.2) is 15.4 Å². The molecule has 2 aromatic carbocycles. The van der Waals surface area contributed by atoms with Gasteiger partial charge in [0.05, 0.1) is 10.5 Å². The molecule has 0 saturated carbocycles. The molecular formula is C18H16O5S. The second-order valence-corrected chi connectivity index (χ2v) is 8.30. The van der Waals surface area contributed by atoms with Gasteiger partial charge in [-0.3, -0.25) is 9.59 Å². The lowest BCUT2D eigenvalue weighted by Crippen LogP contribution is -2.46. The van der Waals surface area contributed by atoms with E-state index in [1.54, 1.807) is 44.2 Å². The Bertz CT molecular complexity index is 971. The van der Waals surface area contributed by atoms with Gasteiger partial charge in [0.25, 0.3) is 0 Å². The molecule has 0 saturated heterocycles. The highest BCUT2D eigenvalue weighted by molar-refractivity contribution is 7.90. The van der Waals surface area contributed by atoms with Crippen LogP contribution in [0, 0.1) is 0 Å². The first-order valence-electron chi connectivity index (χ1n) is 7.32. The molecule has 0 unspecified atom stereocenters. The second-order valence-electron chi connectivity index (χ2n) is 6.28. The largest absolute Gasteiger partial charge is 0.479 e. The Morgan fingerprint density at radius 1 is 0.958 bits per heavy atom. The molecule has 2 aromatic rings. The zero-order valence-electron chi connectivity index (χ0n) is 13.5. The van der Waals surface area contributed by atoms with Gasteiger partial charge >= 0.3 is 0 Å².